The highest BCUT2D eigenvalue weighted by atomic mass is 79.9. The lowest BCUT2D eigenvalue weighted by molar-refractivity contribution is 0.201. The molecule has 0 aromatic heterocycles. The first-order valence-corrected chi connectivity index (χ1v) is 15.7. The van der Waals surface area contributed by atoms with Gasteiger partial charge in [0.2, 0.25) is 0 Å². The molecule has 2 fully saturated rings. The summed E-state index contributed by atoms with van der Waals surface area (Å²) in [7, 11) is 0. The smallest absolute Gasteiger partial charge is 0.109 e. The first-order chi connectivity index (χ1) is 15.4. The van der Waals surface area contributed by atoms with Crippen LogP contribution in [-0.4, -0.2) is 28.2 Å². The Kier molecular flexibility index (Phi) is 6.03. The molecule has 0 unspecified atom stereocenters. The number of benzene rings is 1. The summed E-state index contributed by atoms with van der Waals surface area (Å²) >= 11 is 91.0. The van der Waals surface area contributed by atoms with Gasteiger partial charge in [0.15, 0.2) is 8.67 Å². The predicted molar refractivity (Wildman–Crippen MR) is 155 cm³/mol. The summed E-state index contributed by atoms with van der Waals surface area (Å²) in [6, 6.07) is 3.77. The average molecular weight is 832 g/mol. The number of allylic oxidation sites excluding steroid dienone is 4. The second-order valence-electron chi connectivity index (χ2n) is 9.15. The van der Waals surface area contributed by atoms with Crippen molar-refractivity contribution < 1.29 is 0 Å². The molecule has 4 bridgehead atoms. The van der Waals surface area contributed by atoms with E-state index in [0.717, 1.165) is 20.1 Å². The number of rotatable bonds is 0. The molecule has 34 heavy (non-hydrogen) atoms. The zero-order valence-electron chi connectivity index (χ0n) is 15.8. The molecule has 8 atom stereocenters. The van der Waals surface area contributed by atoms with E-state index in [1.807, 2.05) is 12.1 Å². The van der Waals surface area contributed by atoms with Crippen molar-refractivity contribution in [3.63, 3.8) is 0 Å². The van der Waals surface area contributed by atoms with Crippen LogP contribution < -0.4 is 0 Å². The lowest BCUT2D eigenvalue weighted by atomic mass is 9.57. The Morgan fingerprint density at radius 3 is 1.06 bits per heavy atom. The van der Waals surface area contributed by atoms with Gasteiger partial charge in [-0.25, -0.2) is 0 Å². The minimum Gasteiger partial charge on any atom is -0.109 e. The summed E-state index contributed by atoms with van der Waals surface area (Å²) in [4.78, 5) is -6.50. The molecular weight excluding hydrogens is 825 g/mol. The summed E-state index contributed by atoms with van der Waals surface area (Å²) in [5.41, 5.74) is 1.48. The molecule has 5 aliphatic carbocycles. The fourth-order valence-electron chi connectivity index (χ4n) is 6.89. The van der Waals surface area contributed by atoms with Gasteiger partial charge >= 0.3 is 0 Å². The Morgan fingerprint density at radius 2 is 0.765 bits per heavy atom. The van der Waals surface area contributed by atoms with Crippen LogP contribution in [0.25, 0.3) is 0 Å². The van der Waals surface area contributed by atoms with Gasteiger partial charge in [0, 0.05) is 32.6 Å². The van der Waals surface area contributed by atoms with Crippen molar-refractivity contribution in [1.29, 1.82) is 0 Å². The Labute approximate surface area is 272 Å². The Balaban J connectivity index is 1.80. The van der Waals surface area contributed by atoms with Gasteiger partial charge in [0.05, 0.1) is 20.1 Å². The van der Waals surface area contributed by atoms with Crippen molar-refractivity contribution in [2.24, 2.45) is 11.8 Å². The molecular formula is C20H6Br2Cl12. The summed E-state index contributed by atoms with van der Waals surface area (Å²) in [6.07, 6.45) is 0. The molecule has 6 rings (SSSR count). The average Bonchev–Trinajstić information content (AvgIpc) is 3.09. The largest absolute Gasteiger partial charge is 0.167 e. The summed E-state index contributed by atoms with van der Waals surface area (Å²) in [5, 5.41) is 0.192. The number of halogens is 14. The molecule has 0 amide bonds. The molecule has 5 aliphatic rings. The first kappa shape index (κ1) is 27.3. The highest BCUT2D eigenvalue weighted by Crippen LogP contribution is 2.88. The lowest BCUT2D eigenvalue weighted by Gasteiger charge is -2.52. The third kappa shape index (κ3) is 2.38. The van der Waals surface area contributed by atoms with Crippen LogP contribution >= 0.6 is 171 Å². The molecule has 0 aliphatic heterocycles. The normalized spacial score (nSPS) is 49.0. The predicted octanol–water partition coefficient (Wildman–Crippen LogP) is 11.3. The van der Waals surface area contributed by atoms with Crippen LogP contribution in [0.15, 0.2) is 41.2 Å². The van der Waals surface area contributed by atoms with Crippen molar-refractivity contribution in [1.82, 2.24) is 0 Å². The van der Waals surface area contributed by atoms with E-state index in [2.05, 4.69) is 31.9 Å². The molecule has 1 aromatic rings. The maximum absolute atomic E-state index is 7.30. The highest BCUT2D eigenvalue weighted by Gasteiger charge is 2.91. The molecule has 0 saturated heterocycles. The first-order valence-electron chi connectivity index (χ1n) is 9.53. The molecule has 0 radical (unpaired) electrons. The second kappa shape index (κ2) is 7.50. The van der Waals surface area contributed by atoms with E-state index in [-0.39, 0.29) is 20.1 Å². The van der Waals surface area contributed by atoms with E-state index in [1.165, 1.54) is 0 Å². The molecule has 0 spiro atoms. The van der Waals surface area contributed by atoms with Crippen LogP contribution in [0.4, 0.5) is 0 Å². The lowest BCUT2D eigenvalue weighted by Crippen LogP contribution is -2.53. The Hall–Kier alpha value is 3.14. The third-order valence-corrected chi connectivity index (χ3v) is 18.6. The van der Waals surface area contributed by atoms with Gasteiger partial charge in [-0.1, -0.05) is 92.8 Å². The number of hydrogen-bond acceptors (Lipinski definition) is 0. The topological polar surface area (TPSA) is 0 Å². The van der Waals surface area contributed by atoms with Crippen LogP contribution in [0.5, 0.6) is 0 Å². The van der Waals surface area contributed by atoms with Crippen LogP contribution in [0.3, 0.4) is 0 Å². The van der Waals surface area contributed by atoms with Gasteiger partial charge in [-0.15, -0.1) is 46.4 Å². The second-order valence-corrected chi connectivity index (χ2v) is 17.4. The Bertz CT molecular complexity index is 1190. The van der Waals surface area contributed by atoms with E-state index in [1.54, 1.807) is 0 Å². The van der Waals surface area contributed by atoms with E-state index in [4.69, 9.17) is 139 Å². The van der Waals surface area contributed by atoms with Crippen molar-refractivity contribution in [3.8, 4) is 0 Å². The maximum Gasteiger partial charge on any atom is 0.167 e. The molecule has 0 nitrogen and oxygen atoms in total. The van der Waals surface area contributed by atoms with Crippen molar-refractivity contribution in [3.05, 3.63) is 52.3 Å². The highest BCUT2D eigenvalue weighted by molar-refractivity contribution is 9.13. The zero-order chi connectivity index (χ0) is 25.3. The van der Waals surface area contributed by atoms with Gasteiger partial charge in [-0.2, -0.15) is 0 Å². The quantitative estimate of drug-likeness (QED) is 0.229. The van der Waals surface area contributed by atoms with Gasteiger partial charge < -0.3 is 0 Å². The van der Waals surface area contributed by atoms with Crippen molar-refractivity contribution in [2.45, 2.75) is 40.0 Å². The van der Waals surface area contributed by atoms with Crippen LogP contribution in [0, 0.1) is 11.8 Å². The summed E-state index contributed by atoms with van der Waals surface area (Å²) in [5.74, 6) is -2.76. The van der Waals surface area contributed by atoms with Crippen LogP contribution in [-0.2, 0) is 0 Å². The van der Waals surface area contributed by atoms with Crippen molar-refractivity contribution >= 4 is 171 Å². The zero-order valence-corrected chi connectivity index (χ0v) is 28.0. The van der Waals surface area contributed by atoms with Crippen molar-refractivity contribution in [2.75, 3.05) is 0 Å². The van der Waals surface area contributed by atoms with Gasteiger partial charge in [0.1, 0.15) is 19.5 Å². The molecule has 0 N–H and O–H groups in total. The molecule has 184 valence electrons. The van der Waals surface area contributed by atoms with E-state index >= 15 is 0 Å². The standard InChI is InChI=1S/C20H6Br2Cl12/c21-5-1-3-4(2-6(5)22)8-10(18(30)14(26)12(24)16(8,28)20(18,33)34)9-7(3)15(27)11(23)13(25)17(9,29)19(15,31)32/h1-2,7-10H/t7-,8-,9-,10+,15+,16+,17+,18+/m1/s1. The van der Waals surface area contributed by atoms with E-state index < -0.39 is 51.8 Å². The van der Waals surface area contributed by atoms with E-state index in [9.17, 15) is 0 Å². The van der Waals surface area contributed by atoms with Gasteiger partial charge in [-0.3, -0.25) is 0 Å². The molecule has 0 heterocycles. The maximum atomic E-state index is 7.30. The fourth-order valence-corrected chi connectivity index (χ4v) is 13.7. The minimum atomic E-state index is -1.84. The number of hydrogen-bond donors (Lipinski definition) is 0. The molecule has 1 aromatic carbocycles. The minimum absolute atomic E-state index is 0.0306. The van der Waals surface area contributed by atoms with Gasteiger partial charge in [0.25, 0.3) is 0 Å². The Morgan fingerprint density at radius 1 is 0.500 bits per heavy atom. The third-order valence-electron chi connectivity index (χ3n) is 8.17. The van der Waals surface area contributed by atoms with E-state index in [0.29, 0.717) is 0 Å². The fraction of sp³-hybridized carbons (Fsp3) is 0.500. The summed E-state index contributed by atoms with van der Waals surface area (Å²) in [6.45, 7) is 0. The molecule has 2 saturated carbocycles. The van der Waals surface area contributed by atoms with Gasteiger partial charge in [-0.05, 0) is 55.1 Å². The summed E-state index contributed by atoms with van der Waals surface area (Å²) < 4.78 is -2.19. The van der Waals surface area contributed by atoms with Crippen LogP contribution in [0.2, 0.25) is 0 Å². The number of alkyl halides is 8. The number of fused-ring (bicyclic) bond motifs is 14. The SMILES string of the molecule is ClC1=C(Cl)[C@@]2(Cl)[C@@H]3c4cc(Br)c(Br)cc4[C@@H]4[C@H]([C@H]3[C@@]1(Cl)C2(Cl)Cl)[C@]1(Cl)C(Cl)=C(Cl)[C@]4(Cl)C1(Cl)Cl. The van der Waals surface area contributed by atoms with Crippen LogP contribution in [0.1, 0.15) is 23.0 Å². The molecule has 14 heteroatoms. The monoisotopic (exact) mass is 824 g/mol.